The summed E-state index contributed by atoms with van der Waals surface area (Å²) >= 11 is 0. The van der Waals surface area contributed by atoms with Crippen LogP contribution >= 0.6 is 0 Å². The number of alkyl halides is 3. The molecule has 1 aromatic rings. The number of fused-ring (bicyclic) bond motifs is 2. The Kier molecular flexibility index (Phi) is 4.80. The van der Waals surface area contributed by atoms with E-state index in [1.54, 1.807) is 6.07 Å². The zero-order valence-corrected chi connectivity index (χ0v) is 16.1. The highest BCUT2D eigenvalue weighted by molar-refractivity contribution is 5.69. The number of nitrogens with zero attached hydrogens (tertiary/aromatic N) is 2. The molecule has 1 amide bonds. The molecule has 2 bridgehead atoms. The molecular formula is C19H26F3N3O2. The van der Waals surface area contributed by atoms with Gasteiger partial charge in [0.25, 0.3) is 0 Å². The molecule has 0 unspecified atom stereocenters. The summed E-state index contributed by atoms with van der Waals surface area (Å²) in [6.07, 6.45) is -1.86. The minimum Gasteiger partial charge on any atom is -0.444 e. The summed E-state index contributed by atoms with van der Waals surface area (Å²) in [5.41, 5.74) is -1.36. The van der Waals surface area contributed by atoms with Crippen LogP contribution in [0.1, 0.15) is 46.2 Å². The number of nitrogens with one attached hydrogen (secondary N) is 1. The van der Waals surface area contributed by atoms with Crippen molar-refractivity contribution in [3.8, 4) is 0 Å². The third-order valence-corrected chi connectivity index (χ3v) is 5.61. The second kappa shape index (κ2) is 6.56. The number of anilines is 1. The van der Waals surface area contributed by atoms with Gasteiger partial charge in [0.2, 0.25) is 0 Å². The van der Waals surface area contributed by atoms with Crippen molar-refractivity contribution in [2.24, 2.45) is 11.8 Å². The molecule has 2 fully saturated rings. The first-order valence-corrected chi connectivity index (χ1v) is 9.18. The van der Waals surface area contributed by atoms with Gasteiger partial charge in [-0.1, -0.05) is 0 Å². The lowest BCUT2D eigenvalue weighted by molar-refractivity contribution is -0.141. The van der Waals surface area contributed by atoms with Crippen LogP contribution in [0.15, 0.2) is 18.3 Å². The molecule has 1 saturated carbocycles. The zero-order chi connectivity index (χ0) is 20.0. The lowest BCUT2D eigenvalue weighted by atomic mass is 9.78. The maximum Gasteiger partial charge on any atom is 0.433 e. The van der Waals surface area contributed by atoms with E-state index in [1.807, 2.05) is 32.6 Å². The van der Waals surface area contributed by atoms with Gasteiger partial charge in [-0.2, -0.15) is 13.2 Å². The lowest BCUT2D eigenvalue weighted by Gasteiger charge is -2.47. The maximum atomic E-state index is 13.0. The maximum absolute atomic E-state index is 13.0. The van der Waals surface area contributed by atoms with Gasteiger partial charge in [-0.25, -0.2) is 4.79 Å². The molecule has 5 nitrogen and oxygen atoms in total. The van der Waals surface area contributed by atoms with Crippen LogP contribution in [0.25, 0.3) is 0 Å². The van der Waals surface area contributed by atoms with E-state index in [1.165, 1.54) is 6.20 Å². The molecule has 27 heavy (non-hydrogen) atoms. The van der Waals surface area contributed by atoms with Crippen LogP contribution in [0.4, 0.5) is 23.7 Å². The molecule has 1 aromatic heterocycles. The number of alkyl carbamates (subject to hydrolysis) is 1. The van der Waals surface area contributed by atoms with Crippen molar-refractivity contribution in [3.05, 3.63) is 24.0 Å². The van der Waals surface area contributed by atoms with Gasteiger partial charge < -0.3 is 15.0 Å². The van der Waals surface area contributed by atoms with Crippen LogP contribution < -0.4 is 10.2 Å². The highest BCUT2D eigenvalue weighted by atomic mass is 19.4. The lowest BCUT2D eigenvalue weighted by Crippen LogP contribution is -2.61. The first kappa shape index (κ1) is 19.8. The van der Waals surface area contributed by atoms with Crippen LogP contribution in [-0.4, -0.2) is 35.3 Å². The first-order valence-electron chi connectivity index (χ1n) is 9.18. The summed E-state index contributed by atoms with van der Waals surface area (Å²) < 4.78 is 44.3. The molecule has 2 heterocycles. The normalized spacial score (nSPS) is 28.2. The Balaban J connectivity index is 1.74. The van der Waals surface area contributed by atoms with Gasteiger partial charge in [-0.15, -0.1) is 0 Å². The standard InChI is InChI=1S/C19H26F3N3O2/c1-17(2,3)27-16(26)24-18(4)12-5-6-13(18)11-25(10-12)14-7-8-23-15(9-14)19(20,21)22/h7-9,12-13H,5-6,10-11H2,1-4H3,(H,24,26)/t12-,13+,18-. The minimum atomic E-state index is -4.46. The SMILES string of the molecule is CC(C)(C)OC(=O)N[C@]1(C)[C@@H]2CC[C@H]1CN(c1ccnc(C(F)(F)F)c1)C2. The van der Waals surface area contributed by atoms with Crippen molar-refractivity contribution in [2.45, 2.75) is 57.9 Å². The van der Waals surface area contributed by atoms with Crippen molar-refractivity contribution in [1.82, 2.24) is 10.3 Å². The Hall–Kier alpha value is -1.99. The average molecular weight is 385 g/mol. The number of carbonyl (C=O) groups is 1. The number of pyridine rings is 1. The molecule has 1 N–H and O–H groups in total. The summed E-state index contributed by atoms with van der Waals surface area (Å²) in [6, 6.07) is 2.71. The molecule has 1 saturated heterocycles. The van der Waals surface area contributed by atoms with Gasteiger partial charge in [0.1, 0.15) is 11.3 Å². The molecule has 3 atom stereocenters. The number of hydrogen-bond acceptors (Lipinski definition) is 4. The Morgan fingerprint density at radius 2 is 1.85 bits per heavy atom. The van der Waals surface area contributed by atoms with E-state index >= 15 is 0 Å². The molecule has 0 aromatic carbocycles. The molecule has 1 aliphatic heterocycles. The summed E-state index contributed by atoms with van der Waals surface area (Å²) in [5.74, 6) is 0.289. The van der Waals surface area contributed by atoms with Crippen molar-refractivity contribution in [1.29, 1.82) is 0 Å². The number of piperidine rings is 1. The molecule has 3 rings (SSSR count). The van der Waals surface area contributed by atoms with Crippen molar-refractivity contribution < 1.29 is 22.7 Å². The molecular weight excluding hydrogens is 359 g/mol. The highest BCUT2D eigenvalue weighted by Crippen LogP contribution is 2.46. The van der Waals surface area contributed by atoms with Crippen molar-refractivity contribution in [3.63, 3.8) is 0 Å². The minimum absolute atomic E-state index is 0.145. The smallest absolute Gasteiger partial charge is 0.433 e. The molecule has 0 radical (unpaired) electrons. The first-order chi connectivity index (χ1) is 12.4. The molecule has 1 aliphatic carbocycles. The fourth-order valence-electron chi connectivity index (χ4n) is 4.21. The van der Waals surface area contributed by atoms with E-state index in [4.69, 9.17) is 4.74 Å². The number of hydrogen-bond donors (Lipinski definition) is 1. The third kappa shape index (κ3) is 4.14. The molecule has 2 aliphatic rings. The van der Waals surface area contributed by atoms with Gasteiger partial charge >= 0.3 is 12.3 Å². The van der Waals surface area contributed by atoms with Crippen molar-refractivity contribution >= 4 is 11.8 Å². The van der Waals surface area contributed by atoms with Gasteiger partial charge in [-0.05, 0) is 64.5 Å². The van der Waals surface area contributed by atoms with Gasteiger partial charge in [0, 0.05) is 30.5 Å². The largest absolute Gasteiger partial charge is 0.444 e. The molecule has 8 heteroatoms. The number of aromatic nitrogens is 1. The Labute approximate surface area is 157 Å². The van der Waals surface area contributed by atoms with Crippen LogP contribution in [0.5, 0.6) is 0 Å². The van der Waals surface area contributed by atoms with Crippen LogP contribution in [0.3, 0.4) is 0 Å². The Morgan fingerprint density at radius 3 is 2.37 bits per heavy atom. The number of carbonyl (C=O) groups excluding carboxylic acids is 1. The topological polar surface area (TPSA) is 54.5 Å². The van der Waals surface area contributed by atoms with E-state index in [-0.39, 0.29) is 11.8 Å². The average Bonchev–Trinajstić information content (AvgIpc) is 2.71. The fraction of sp³-hybridized carbons (Fsp3) is 0.684. The highest BCUT2D eigenvalue weighted by Gasteiger charge is 2.52. The molecule has 0 spiro atoms. The zero-order valence-electron chi connectivity index (χ0n) is 16.1. The second-order valence-electron chi connectivity index (χ2n) is 8.68. The van der Waals surface area contributed by atoms with E-state index in [2.05, 4.69) is 10.3 Å². The number of amides is 1. The number of ether oxygens (including phenoxy) is 1. The predicted octanol–water partition coefficient (Wildman–Crippen LogP) is 4.23. The molecule has 150 valence electrons. The predicted molar refractivity (Wildman–Crippen MR) is 95.4 cm³/mol. The Bertz CT molecular complexity index is 701. The fourth-order valence-corrected chi connectivity index (χ4v) is 4.21. The van der Waals surface area contributed by atoms with E-state index in [0.29, 0.717) is 18.8 Å². The van der Waals surface area contributed by atoms with Gasteiger partial charge in [0.15, 0.2) is 0 Å². The van der Waals surface area contributed by atoms with Gasteiger partial charge in [0.05, 0.1) is 0 Å². The third-order valence-electron chi connectivity index (χ3n) is 5.61. The Morgan fingerprint density at radius 1 is 1.26 bits per heavy atom. The summed E-state index contributed by atoms with van der Waals surface area (Å²) in [7, 11) is 0. The van der Waals surface area contributed by atoms with Crippen LogP contribution in [0.2, 0.25) is 0 Å². The van der Waals surface area contributed by atoms with E-state index < -0.39 is 29.1 Å². The van der Waals surface area contributed by atoms with Crippen molar-refractivity contribution in [2.75, 3.05) is 18.0 Å². The van der Waals surface area contributed by atoms with Gasteiger partial charge in [-0.3, -0.25) is 4.98 Å². The summed E-state index contributed by atoms with van der Waals surface area (Å²) in [6.45, 7) is 8.63. The monoisotopic (exact) mass is 385 g/mol. The second-order valence-corrected chi connectivity index (χ2v) is 8.68. The number of rotatable bonds is 2. The number of halogens is 3. The van der Waals surface area contributed by atoms with E-state index in [0.717, 1.165) is 18.9 Å². The quantitative estimate of drug-likeness (QED) is 0.828. The summed E-state index contributed by atoms with van der Waals surface area (Å²) in [5, 5.41) is 3.04. The van der Waals surface area contributed by atoms with Crippen LogP contribution in [0, 0.1) is 11.8 Å². The van der Waals surface area contributed by atoms with E-state index in [9.17, 15) is 18.0 Å². The van der Waals surface area contributed by atoms with Crippen LogP contribution in [-0.2, 0) is 10.9 Å². The summed E-state index contributed by atoms with van der Waals surface area (Å²) in [4.78, 5) is 17.7.